The van der Waals surface area contributed by atoms with Gasteiger partial charge in [-0.1, -0.05) is 50.2 Å². The highest BCUT2D eigenvalue weighted by molar-refractivity contribution is 6.32. The van der Waals surface area contributed by atoms with E-state index in [9.17, 15) is 4.79 Å². The number of fused-ring (bicyclic) bond motifs is 1. The number of carbonyl (C=O) groups is 1. The number of para-hydroxylation sites is 1. The first-order valence-electron chi connectivity index (χ1n) is 8.82. The number of allylic oxidation sites excluding steroid dienone is 2. The molecule has 3 rings (SSSR count). The number of hydrogen-bond acceptors (Lipinski definition) is 5. The molecule has 2 atom stereocenters. The lowest BCUT2D eigenvalue weighted by molar-refractivity contribution is -0.144. The summed E-state index contributed by atoms with van der Waals surface area (Å²) in [6.07, 6.45) is 3.49. The molecule has 27 heavy (non-hydrogen) atoms. The van der Waals surface area contributed by atoms with E-state index >= 15 is 0 Å². The third-order valence-corrected chi connectivity index (χ3v) is 5.08. The van der Waals surface area contributed by atoms with Crippen LogP contribution in [0.5, 0.6) is 0 Å². The summed E-state index contributed by atoms with van der Waals surface area (Å²) in [4.78, 5) is 20.5. The molecule has 2 unspecified atom stereocenters. The van der Waals surface area contributed by atoms with E-state index in [1.54, 1.807) is 6.92 Å². The standard InChI is InChI=1S/C21H23ClN2O3/c1-13(16-9-15-7-5-6-8-18(15)24-10-16)17(22)11-23-14(2)27-19-20(25)26-12-21(19,3)4/h5-8,10-11,16,19H,1,9,12H2,2-4H3/b17-11+,23-14?. The lowest BCUT2D eigenvalue weighted by Crippen LogP contribution is -2.34. The zero-order chi connectivity index (χ0) is 19.6. The molecule has 2 aliphatic heterocycles. The molecule has 1 fully saturated rings. The van der Waals surface area contributed by atoms with Gasteiger partial charge in [0.1, 0.15) is 6.61 Å². The molecular formula is C21H23ClN2O3. The van der Waals surface area contributed by atoms with Crippen LogP contribution in [0.15, 0.2) is 57.6 Å². The van der Waals surface area contributed by atoms with Gasteiger partial charge in [0, 0.05) is 30.7 Å². The van der Waals surface area contributed by atoms with Crippen LogP contribution in [0.3, 0.4) is 0 Å². The predicted octanol–water partition coefficient (Wildman–Crippen LogP) is 4.58. The molecule has 0 N–H and O–H groups in total. The van der Waals surface area contributed by atoms with Crippen molar-refractivity contribution in [3.05, 3.63) is 53.2 Å². The summed E-state index contributed by atoms with van der Waals surface area (Å²) in [7, 11) is 0. The monoisotopic (exact) mass is 386 g/mol. The molecule has 0 amide bonds. The summed E-state index contributed by atoms with van der Waals surface area (Å²) in [5.41, 5.74) is 2.50. The summed E-state index contributed by atoms with van der Waals surface area (Å²) in [6.45, 7) is 9.94. The number of hydrogen-bond donors (Lipinski definition) is 0. The fraction of sp³-hybridized carbons (Fsp3) is 0.381. The Morgan fingerprint density at radius 2 is 2.19 bits per heavy atom. The Labute approximate surface area is 164 Å². The number of cyclic esters (lactones) is 1. The first-order valence-corrected chi connectivity index (χ1v) is 9.20. The van der Waals surface area contributed by atoms with Crippen molar-refractivity contribution >= 4 is 35.4 Å². The lowest BCUT2D eigenvalue weighted by Gasteiger charge is -2.22. The second-order valence-corrected chi connectivity index (χ2v) is 7.87. The Morgan fingerprint density at radius 1 is 1.44 bits per heavy atom. The van der Waals surface area contributed by atoms with Crippen LogP contribution in [-0.2, 0) is 20.7 Å². The van der Waals surface area contributed by atoms with E-state index in [0.717, 1.165) is 17.7 Å². The number of benzene rings is 1. The molecule has 1 aromatic carbocycles. The van der Waals surface area contributed by atoms with E-state index in [4.69, 9.17) is 21.1 Å². The van der Waals surface area contributed by atoms with Crippen molar-refractivity contribution < 1.29 is 14.3 Å². The smallest absolute Gasteiger partial charge is 0.348 e. The van der Waals surface area contributed by atoms with Gasteiger partial charge in [-0.2, -0.15) is 0 Å². The Balaban J connectivity index is 1.66. The van der Waals surface area contributed by atoms with Crippen molar-refractivity contribution in [1.82, 2.24) is 0 Å². The van der Waals surface area contributed by atoms with Crippen molar-refractivity contribution in [2.75, 3.05) is 6.61 Å². The molecule has 0 spiro atoms. The molecule has 0 bridgehead atoms. The first kappa shape index (κ1) is 19.4. The minimum Gasteiger partial charge on any atom is -0.465 e. The van der Waals surface area contributed by atoms with Gasteiger partial charge < -0.3 is 9.47 Å². The van der Waals surface area contributed by atoms with Crippen LogP contribution >= 0.6 is 11.6 Å². The molecule has 0 radical (unpaired) electrons. The Kier molecular flexibility index (Phi) is 5.51. The fourth-order valence-electron chi connectivity index (χ4n) is 3.03. The van der Waals surface area contributed by atoms with E-state index in [1.165, 1.54) is 11.8 Å². The first-order chi connectivity index (χ1) is 12.8. The van der Waals surface area contributed by atoms with Gasteiger partial charge in [-0.15, -0.1) is 0 Å². The SMILES string of the molecule is C=C(/C(Cl)=C\N=C(C)OC1C(=O)OCC1(C)C)C1C=Nc2ccccc2C1. The number of rotatable bonds is 4. The molecule has 2 heterocycles. The van der Waals surface area contributed by atoms with Gasteiger partial charge in [0.15, 0.2) is 5.90 Å². The van der Waals surface area contributed by atoms with Crippen LogP contribution in [-0.4, -0.2) is 30.8 Å². The van der Waals surface area contributed by atoms with E-state index in [2.05, 4.69) is 22.6 Å². The predicted molar refractivity (Wildman–Crippen MR) is 108 cm³/mol. The molecule has 0 saturated carbocycles. The largest absolute Gasteiger partial charge is 0.465 e. The number of carbonyl (C=O) groups excluding carboxylic acids is 1. The molecule has 5 nitrogen and oxygen atoms in total. The van der Waals surface area contributed by atoms with E-state index in [0.29, 0.717) is 17.5 Å². The van der Waals surface area contributed by atoms with Crippen LogP contribution in [0.4, 0.5) is 5.69 Å². The maximum absolute atomic E-state index is 11.8. The van der Waals surface area contributed by atoms with Gasteiger partial charge >= 0.3 is 5.97 Å². The van der Waals surface area contributed by atoms with E-state index < -0.39 is 11.5 Å². The maximum Gasteiger partial charge on any atom is 0.348 e. The van der Waals surface area contributed by atoms with Crippen LogP contribution in [0.25, 0.3) is 0 Å². The van der Waals surface area contributed by atoms with Gasteiger partial charge in [-0.3, -0.25) is 4.99 Å². The molecule has 1 saturated heterocycles. The number of esters is 1. The highest BCUT2D eigenvalue weighted by Crippen LogP contribution is 2.32. The van der Waals surface area contributed by atoms with Gasteiger partial charge in [0.05, 0.1) is 10.7 Å². The summed E-state index contributed by atoms with van der Waals surface area (Å²) in [5, 5.41) is 0.432. The Morgan fingerprint density at radius 3 is 2.89 bits per heavy atom. The average molecular weight is 387 g/mol. The number of aliphatic imine (C=N–C) groups is 2. The van der Waals surface area contributed by atoms with Gasteiger partial charge in [-0.05, 0) is 23.6 Å². The summed E-state index contributed by atoms with van der Waals surface area (Å²) < 4.78 is 10.7. The average Bonchev–Trinajstić information content (AvgIpc) is 2.92. The zero-order valence-corrected chi connectivity index (χ0v) is 16.5. The van der Waals surface area contributed by atoms with Crippen LogP contribution in [0.1, 0.15) is 26.3 Å². The van der Waals surface area contributed by atoms with Gasteiger partial charge in [0.2, 0.25) is 6.10 Å². The van der Waals surface area contributed by atoms with Crippen molar-refractivity contribution in [2.45, 2.75) is 33.3 Å². The zero-order valence-electron chi connectivity index (χ0n) is 15.7. The number of nitrogens with zero attached hydrogens (tertiary/aromatic N) is 2. The highest BCUT2D eigenvalue weighted by atomic mass is 35.5. The minimum atomic E-state index is -0.668. The quantitative estimate of drug-likeness (QED) is 0.329. The summed E-state index contributed by atoms with van der Waals surface area (Å²) >= 11 is 6.38. The molecular weight excluding hydrogens is 364 g/mol. The molecule has 6 heteroatoms. The summed E-state index contributed by atoms with van der Waals surface area (Å²) in [5.74, 6) is -0.00420. The van der Waals surface area contributed by atoms with E-state index in [-0.39, 0.29) is 11.9 Å². The molecule has 142 valence electrons. The Bertz CT molecular complexity index is 855. The second kappa shape index (κ2) is 7.69. The molecule has 0 aromatic heterocycles. The van der Waals surface area contributed by atoms with Crippen molar-refractivity contribution in [3.63, 3.8) is 0 Å². The third kappa shape index (κ3) is 4.30. The Hall–Kier alpha value is -2.40. The molecule has 1 aromatic rings. The van der Waals surface area contributed by atoms with E-state index in [1.807, 2.05) is 38.3 Å². The maximum atomic E-state index is 11.8. The van der Waals surface area contributed by atoms with Crippen LogP contribution in [0, 0.1) is 11.3 Å². The van der Waals surface area contributed by atoms with Crippen molar-refractivity contribution in [1.29, 1.82) is 0 Å². The third-order valence-electron chi connectivity index (χ3n) is 4.74. The van der Waals surface area contributed by atoms with Gasteiger partial charge in [-0.25, -0.2) is 9.79 Å². The van der Waals surface area contributed by atoms with Crippen molar-refractivity contribution in [3.8, 4) is 0 Å². The van der Waals surface area contributed by atoms with Crippen LogP contribution < -0.4 is 0 Å². The minimum absolute atomic E-state index is 0.0174. The van der Waals surface area contributed by atoms with Gasteiger partial charge in [0.25, 0.3) is 0 Å². The second-order valence-electron chi connectivity index (χ2n) is 7.46. The summed E-state index contributed by atoms with van der Waals surface area (Å²) in [6, 6.07) is 8.01. The lowest BCUT2D eigenvalue weighted by atomic mass is 9.90. The molecule has 0 aliphatic carbocycles. The van der Waals surface area contributed by atoms with Crippen LogP contribution in [0.2, 0.25) is 0 Å². The van der Waals surface area contributed by atoms with Crippen molar-refractivity contribution in [2.24, 2.45) is 21.3 Å². The highest BCUT2D eigenvalue weighted by Gasteiger charge is 2.45. The number of ether oxygens (including phenoxy) is 2. The normalized spacial score (nSPS) is 24.4. The fourth-order valence-corrected chi connectivity index (χ4v) is 3.22. The topological polar surface area (TPSA) is 60.2 Å². The molecule has 2 aliphatic rings. The number of halogens is 1.